The van der Waals surface area contributed by atoms with Gasteiger partial charge in [0, 0.05) is 11.6 Å². The predicted molar refractivity (Wildman–Crippen MR) is 101 cm³/mol. The van der Waals surface area contributed by atoms with Crippen LogP contribution in [0.4, 0.5) is 0 Å². The minimum atomic E-state index is -0.161. The van der Waals surface area contributed by atoms with Crippen molar-refractivity contribution in [2.24, 2.45) is 0 Å². The molecule has 6 nitrogen and oxygen atoms in total. The van der Waals surface area contributed by atoms with Crippen LogP contribution in [0.25, 0.3) is 10.9 Å². The zero-order valence-electron chi connectivity index (χ0n) is 14.4. The first-order valence-corrected chi connectivity index (χ1v) is 8.69. The molecule has 1 unspecified atom stereocenters. The van der Waals surface area contributed by atoms with E-state index >= 15 is 0 Å². The van der Waals surface area contributed by atoms with Gasteiger partial charge in [0.05, 0.1) is 18.0 Å². The summed E-state index contributed by atoms with van der Waals surface area (Å²) >= 11 is 5.85. The van der Waals surface area contributed by atoms with Crippen molar-refractivity contribution >= 4 is 28.4 Å². The van der Waals surface area contributed by atoms with Gasteiger partial charge in [0.1, 0.15) is 6.54 Å². The van der Waals surface area contributed by atoms with E-state index in [9.17, 15) is 9.59 Å². The van der Waals surface area contributed by atoms with Gasteiger partial charge in [0.15, 0.2) is 12.4 Å². The number of fused-ring (bicyclic) bond motifs is 1. The zero-order valence-corrected chi connectivity index (χ0v) is 15.1. The van der Waals surface area contributed by atoms with Crippen LogP contribution in [-0.2, 0) is 17.9 Å². The van der Waals surface area contributed by atoms with E-state index in [-0.39, 0.29) is 18.0 Å². The number of amides is 1. The van der Waals surface area contributed by atoms with Gasteiger partial charge in [-0.2, -0.15) is 0 Å². The van der Waals surface area contributed by atoms with Gasteiger partial charge in [-0.15, -0.1) is 0 Å². The number of hydrogen-bond donors (Lipinski definition) is 3. The van der Waals surface area contributed by atoms with Gasteiger partial charge in [-0.05, 0) is 29.8 Å². The number of nitrogens with one attached hydrogen (secondary N) is 3. The van der Waals surface area contributed by atoms with Gasteiger partial charge < -0.3 is 15.2 Å². The van der Waals surface area contributed by atoms with Crippen molar-refractivity contribution in [3.8, 4) is 0 Å². The summed E-state index contributed by atoms with van der Waals surface area (Å²) < 4.78 is 0. The molecule has 1 atom stereocenters. The molecule has 1 amide bonds. The molecule has 0 aliphatic rings. The van der Waals surface area contributed by atoms with Gasteiger partial charge in [-0.25, -0.2) is 4.98 Å². The maximum absolute atomic E-state index is 12.1. The summed E-state index contributed by atoms with van der Waals surface area (Å²) in [5, 5.41) is 4.11. The summed E-state index contributed by atoms with van der Waals surface area (Å²) in [6.07, 6.45) is 0. The Morgan fingerprint density at radius 3 is 2.69 bits per heavy atom. The number of hydrogen-bond acceptors (Lipinski definition) is 3. The van der Waals surface area contributed by atoms with Gasteiger partial charge in [-0.1, -0.05) is 35.9 Å². The van der Waals surface area contributed by atoms with Crippen molar-refractivity contribution in [3.05, 3.63) is 75.3 Å². The Bertz CT molecular complexity index is 969. The van der Waals surface area contributed by atoms with Gasteiger partial charge in [0.2, 0.25) is 0 Å². The first-order valence-electron chi connectivity index (χ1n) is 8.31. The second-order valence-electron chi connectivity index (χ2n) is 6.24. The molecule has 0 aliphatic heterocycles. The molecule has 3 rings (SSSR count). The summed E-state index contributed by atoms with van der Waals surface area (Å²) in [4.78, 5) is 32.4. The summed E-state index contributed by atoms with van der Waals surface area (Å²) in [6.45, 7) is 1.19. The molecule has 2 aromatic carbocycles. The van der Waals surface area contributed by atoms with Gasteiger partial charge in [-0.3, -0.25) is 9.59 Å². The van der Waals surface area contributed by atoms with E-state index in [1.807, 2.05) is 31.3 Å². The monoisotopic (exact) mass is 371 g/mol. The van der Waals surface area contributed by atoms with E-state index in [1.54, 1.807) is 24.3 Å². The summed E-state index contributed by atoms with van der Waals surface area (Å²) in [7, 11) is 1.89. The van der Waals surface area contributed by atoms with E-state index in [1.165, 1.54) is 0 Å². The number of likely N-dealkylation sites (N-methyl/N-ethyl adjacent to an activating group) is 1. The topological polar surface area (TPSA) is 79.3 Å². The Morgan fingerprint density at radius 1 is 1.19 bits per heavy atom. The summed E-state index contributed by atoms with van der Waals surface area (Å²) in [5.41, 5.74) is 1.48. The van der Waals surface area contributed by atoms with E-state index in [0.717, 1.165) is 10.5 Å². The Labute approximate surface area is 155 Å². The molecule has 134 valence electrons. The molecule has 3 aromatic rings. The van der Waals surface area contributed by atoms with Crippen molar-refractivity contribution in [2.75, 3.05) is 13.6 Å². The van der Waals surface area contributed by atoms with Gasteiger partial charge in [0.25, 0.3) is 11.5 Å². The highest BCUT2D eigenvalue weighted by Crippen LogP contribution is 2.09. The molecule has 1 heterocycles. The van der Waals surface area contributed by atoms with Crippen LogP contribution in [-0.4, -0.2) is 29.5 Å². The average Bonchev–Trinajstić information content (AvgIpc) is 2.61. The second kappa shape index (κ2) is 8.12. The lowest BCUT2D eigenvalue weighted by Gasteiger charge is -2.13. The molecule has 0 saturated heterocycles. The minimum absolute atomic E-state index is 0.0689. The SMILES string of the molecule is C[NH+](CC(=O)NCc1ccc(Cl)cc1)Cc1nc2ccccc2c(=O)[nH]1. The largest absolute Gasteiger partial charge is 0.347 e. The number of para-hydroxylation sites is 1. The minimum Gasteiger partial charge on any atom is -0.347 e. The van der Waals surface area contributed by atoms with Crippen LogP contribution in [0.5, 0.6) is 0 Å². The first-order chi connectivity index (χ1) is 12.5. The van der Waals surface area contributed by atoms with Crippen LogP contribution in [0, 0.1) is 0 Å². The maximum atomic E-state index is 12.1. The number of H-pyrrole nitrogens is 1. The van der Waals surface area contributed by atoms with Crippen LogP contribution >= 0.6 is 11.6 Å². The summed E-state index contributed by atoms with van der Waals surface area (Å²) in [5.74, 6) is 0.497. The lowest BCUT2D eigenvalue weighted by molar-refractivity contribution is -0.886. The number of nitrogens with zero attached hydrogens (tertiary/aromatic N) is 1. The highest BCUT2D eigenvalue weighted by Gasteiger charge is 2.13. The van der Waals surface area contributed by atoms with E-state index < -0.39 is 0 Å². The molecule has 0 spiro atoms. The van der Waals surface area contributed by atoms with Crippen molar-refractivity contribution in [1.82, 2.24) is 15.3 Å². The quantitative estimate of drug-likeness (QED) is 0.602. The van der Waals surface area contributed by atoms with Crippen LogP contribution in [0.3, 0.4) is 0 Å². The van der Waals surface area contributed by atoms with Crippen molar-refractivity contribution in [1.29, 1.82) is 0 Å². The molecule has 0 radical (unpaired) electrons. The van der Waals surface area contributed by atoms with Crippen LogP contribution in [0.2, 0.25) is 5.02 Å². The number of carbonyl (C=O) groups excluding carboxylic acids is 1. The van der Waals surface area contributed by atoms with E-state index in [4.69, 9.17) is 11.6 Å². The van der Waals surface area contributed by atoms with Crippen molar-refractivity contribution < 1.29 is 9.69 Å². The fraction of sp³-hybridized carbons (Fsp3) is 0.211. The predicted octanol–water partition coefficient (Wildman–Crippen LogP) is 0.908. The number of benzene rings is 2. The molecule has 0 saturated carbocycles. The third-order valence-electron chi connectivity index (χ3n) is 4.00. The molecule has 0 aliphatic carbocycles. The molecule has 0 fully saturated rings. The highest BCUT2D eigenvalue weighted by atomic mass is 35.5. The van der Waals surface area contributed by atoms with Crippen molar-refractivity contribution in [3.63, 3.8) is 0 Å². The van der Waals surface area contributed by atoms with Crippen LogP contribution < -0.4 is 15.8 Å². The van der Waals surface area contributed by atoms with Crippen LogP contribution in [0.1, 0.15) is 11.4 Å². The number of quaternary nitrogens is 1. The number of rotatable bonds is 6. The summed E-state index contributed by atoms with van der Waals surface area (Å²) in [6, 6.07) is 14.5. The highest BCUT2D eigenvalue weighted by molar-refractivity contribution is 6.30. The van der Waals surface area contributed by atoms with E-state index in [2.05, 4.69) is 15.3 Å². The second-order valence-corrected chi connectivity index (χ2v) is 6.68. The normalized spacial score (nSPS) is 12.1. The Hall–Kier alpha value is -2.70. The lowest BCUT2D eigenvalue weighted by Crippen LogP contribution is -3.09. The fourth-order valence-electron chi connectivity index (χ4n) is 2.71. The molecule has 3 N–H and O–H groups in total. The molecule has 26 heavy (non-hydrogen) atoms. The lowest BCUT2D eigenvalue weighted by atomic mass is 10.2. The molecule has 7 heteroatoms. The Balaban J connectivity index is 1.56. The third-order valence-corrected chi connectivity index (χ3v) is 4.25. The van der Waals surface area contributed by atoms with Gasteiger partial charge >= 0.3 is 0 Å². The number of carbonyl (C=O) groups is 1. The maximum Gasteiger partial charge on any atom is 0.275 e. The number of aromatic nitrogens is 2. The molecule has 1 aromatic heterocycles. The molecule has 0 bridgehead atoms. The molecular formula is C19H20ClN4O2+. The standard InChI is InChI=1S/C19H19ClN4O2/c1-24(12-18(25)21-10-13-6-8-14(20)9-7-13)11-17-22-16-5-3-2-4-15(16)19(26)23-17/h2-9H,10-12H2,1H3,(H,21,25)(H,22,23,26)/p+1. The zero-order chi connectivity index (χ0) is 18.5. The number of aromatic amines is 1. The smallest absolute Gasteiger partial charge is 0.275 e. The Kier molecular flexibility index (Phi) is 5.65. The first kappa shape index (κ1) is 18.1. The average molecular weight is 372 g/mol. The van der Waals surface area contributed by atoms with E-state index in [0.29, 0.717) is 34.8 Å². The van der Waals surface area contributed by atoms with Crippen molar-refractivity contribution in [2.45, 2.75) is 13.1 Å². The number of halogens is 1. The van der Waals surface area contributed by atoms with Crippen LogP contribution in [0.15, 0.2) is 53.3 Å². The third kappa shape index (κ3) is 4.68. The fourth-order valence-corrected chi connectivity index (χ4v) is 2.83. The molecular weight excluding hydrogens is 352 g/mol. The Morgan fingerprint density at radius 2 is 1.92 bits per heavy atom.